The molecule has 0 aliphatic carbocycles. The third kappa shape index (κ3) is 5.62. The molecule has 1 aromatic heterocycles. The topological polar surface area (TPSA) is 58.5 Å². The Kier molecular flexibility index (Phi) is 7.26. The number of nitrogens with one attached hydrogen (secondary N) is 2. The Bertz CT molecular complexity index is 745. The van der Waals surface area contributed by atoms with Crippen LogP contribution in [-0.4, -0.2) is 31.1 Å². The molecule has 142 valence electrons. The summed E-state index contributed by atoms with van der Waals surface area (Å²) in [4.78, 5) is 9.69. The van der Waals surface area contributed by atoms with E-state index in [2.05, 4.69) is 25.3 Å². The zero-order chi connectivity index (χ0) is 19.1. The number of guanidine groups is 1. The predicted molar refractivity (Wildman–Crippen MR) is 96.5 cm³/mol. The second kappa shape index (κ2) is 9.42. The van der Waals surface area contributed by atoms with Crippen LogP contribution >= 0.6 is 11.3 Å². The van der Waals surface area contributed by atoms with Crippen LogP contribution in [0.15, 0.2) is 23.2 Å². The van der Waals surface area contributed by atoms with Gasteiger partial charge in [-0.05, 0) is 26.0 Å². The third-order valence-corrected chi connectivity index (χ3v) is 4.78. The van der Waals surface area contributed by atoms with E-state index < -0.39 is 12.4 Å². The average molecular weight is 386 g/mol. The monoisotopic (exact) mass is 386 g/mol. The molecule has 2 N–H and O–H groups in total. The fraction of sp³-hybridized carbons (Fsp3) is 0.412. The molecule has 1 heterocycles. The molecule has 2 rings (SSSR count). The van der Waals surface area contributed by atoms with Gasteiger partial charge in [0, 0.05) is 37.0 Å². The first kappa shape index (κ1) is 20.0. The number of hydrogen-bond donors (Lipinski definition) is 2. The Labute approximate surface area is 154 Å². The second-order valence-corrected chi connectivity index (χ2v) is 6.73. The maximum atomic E-state index is 13.9. The summed E-state index contributed by atoms with van der Waals surface area (Å²) < 4.78 is 43.2. The number of alkyl halides is 2. The van der Waals surface area contributed by atoms with Crippen molar-refractivity contribution in [1.29, 1.82) is 0 Å². The van der Waals surface area contributed by atoms with Gasteiger partial charge in [-0.3, -0.25) is 4.99 Å². The van der Waals surface area contributed by atoms with Gasteiger partial charge in [-0.25, -0.2) is 9.37 Å². The van der Waals surface area contributed by atoms with Crippen molar-refractivity contribution in [3.8, 4) is 5.75 Å². The van der Waals surface area contributed by atoms with E-state index in [-0.39, 0.29) is 17.9 Å². The molecule has 0 fully saturated rings. The van der Waals surface area contributed by atoms with Crippen LogP contribution in [0.4, 0.5) is 13.2 Å². The van der Waals surface area contributed by atoms with Gasteiger partial charge < -0.3 is 15.4 Å². The largest absolute Gasteiger partial charge is 0.434 e. The Morgan fingerprint density at radius 1 is 1.31 bits per heavy atom. The fourth-order valence-electron chi connectivity index (χ4n) is 2.24. The summed E-state index contributed by atoms with van der Waals surface area (Å²) in [5.41, 5.74) is 1.04. The number of thiazole rings is 1. The number of benzene rings is 1. The molecule has 0 amide bonds. The van der Waals surface area contributed by atoms with Crippen LogP contribution in [0.1, 0.15) is 21.1 Å². The number of rotatable bonds is 7. The molecule has 0 saturated carbocycles. The Balaban J connectivity index is 1.90. The molecule has 0 aliphatic heterocycles. The summed E-state index contributed by atoms with van der Waals surface area (Å²) >= 11 is 1.64. The maximum Gasteiger partial charge on any atom is 0.387 e. The van der Waals surface area contributed by atoms with Crippen LogP contribution in [0.25, 0.3) is 0 Å². The van der Waals surface area contributed by atoms with Crippen molar-refractivity contribution in [2.75, 3.05) is 13.6 Å². The standard InChI is InChI=1S/C17H21F3N4OS/c1-10-11(2)26-15(24-10)7-8-22-17(21-3)23-9-12-13(18)5-4-6-14(12)25-16(19)20/h4-6,16H,7-9H2,1-3H3,(H2,21,22,23). The zero-order valence-electron chi connectivity index (χ0n) is 14.8. The zero-order valence-corrected chi connectivity index (χ0v) is 15.6. The molecule has 0 spiro atoms. The van der Waals surface area contributed by atoms with Gasteiger partial charge in [0.05, 0.1) is 10.7 Å². The van der Waals surface area contributed by atoms with Crippen molar-refractivity contribution >= 4 is 17.3 Å². The SMILES string of the molecule is CN=C(NCCc1nc(C)c(C)s1)NCc1c(F)cccc1OC(F)F. The minimum absolute atomic E-state index is 0.0157. The van der Waals surface area contributed by atoms with Crippen LogP contribution in [0.2, 0.25) is 0 Å². The van der Waals surface area contributed by atoms with Crippen LogP contribution in [0.3, 0.4) is 0 Å². The first-order chi connectivity index (χ1) is 12.4. The van der Waals surface area contributed by atoms with Crippen LogP contribution in [0.5, 0.6) is 5.75 Å². The Hall–Kier alpha value is -2.29. The van der Waals surface area contributed by atoms with Crippen LogP contribution < -0.4 is 15.4 Å². The summed E-state index contributed by atoms with van der Waals surface area (Å²) in [6.07, 6.45) is 0.722. The van der Waals surface area contributed by atoms with Crippen LogP contribution in [-0.2, 0) is 13.0 Å². The predicted octanol–water partition coefficient (Wildman–Crippen LogP) is 3.41. The normalized spacial score (nSPS) is 11.7. The fourth-order valence-corrected chi connectivity index (χ4v) is 3.18. The number of aliphatic imine (C=N–C) groups is 1. The van der Waals surface area contributed by atoms with Gasteiger partial charge in [0.2, 0.25) is 0 Å². The van der Waals surface area contributed by atoms with E-state index in [1.54, 1.807) is 18.4 Å². The summed E-state index contributed by atoms with van der Waals surface area (Å²) in [6.45, 7) is 1.53. The van der Waals surface area contributed by atoms with Crippen molar-refractivity contribution in [2.45, 2.75) is 33.4 Å². The molecular weight excluding hydrogens is 365 g/mol. The molecular formula is C17H21F3N4OS. The van der Waals surface area contributed by atoms with E-state index in [0.29, 0.717) is 12.5 Å². The lowest BCUT2D eigenvalue weighted by atomic mass is 10.2. The Morgan fingerprint density at radius 2 is 2.08 bits per heavy atom. The van der Waals surface area contributed by atoms with E-state index in [0.717, 1.165) is 17.1 Å². The summed E-state index contributed by atoms with van der Waals surface area (Å²) in [7, 11) is 1.57. The van der Waals surface area contributed by atoms with E-state index in [4.69, 9.17) is 0 Å². The highest BCUT2D eigenvalue weighted by Gasteiger charge is 2.14. The van der Waals surface area contributed by atoms with Crippen LogP contribution in [0, 0.1) is 19.7 Å². The number of halogens is 3. The molecule has 0 saturated heterocycles. The third-order valence-electron chi connectivity index (χ3n) is 3.65. The highest BCUT2D eigenvalue weighted by molar-refractivity contribution is 7.11. The van der Waals surface area contributed by atoms with Crippen molar-refractivity contribution in [1.82, 2.24) is 15.6 Å². The second-order valence-electron chi connectivity index (χ2n) is 5.45. The van der Waals surface area contributed by atoms with Gasteiger partial charge >= 0.3 is 6.61 Å². The number of aromatic nitrogens is 1. The number of ether oxygens (including phenoxy) is 1. The van der Waals surface area contributed by atoms with Crippen molar-refractivity contribution in [3.05, 3.63) is 45.2 Å². The molecule has 0 bridgehead atoms. The summed E-state index contributed by atoms with van der Waals surface area (Å²) in [5, 5.41) is 7.01. The lowest BCUT2D eigenvalue weighted by Gasteiger charge is -2.15. The molecule has 0 aliphatic rings. The van der Waals surface area contributed by atoms with Crippen molar-refractivity contribution < 1.29 is 17.9 Å². The molecule has 1 aromatic carbocycles. The molecule has 2 aromatic rings. The molecule has 0 radical (unpaired) electrons. The highest BCUT2D eigenvalue weighted by Crippen LogP contribution is 2.23. The first-order valence-corrected chi connectivity index (χ1v) is 8.82. The van der Waals surface area contributed by atoms with E-state index >= 15 is 0 Å². The minimum Gasteiger partial charge on any atom is -0.434 e. The quantitative estimate of drug-likeness (QED) is 0.566. The van der Waals surface area contributed by atoms with E-state index in [1.165, 1.54) is 23.1 Å². The van der Waals surface area contributed by atoms with Gasteiger partial charge in [0.1, 0.15) is 11.6 Å². The number of nitrogens with zero attached hydrogens (tertiary/aromatic N) is 2. The van der Waals surface area contributed by atoms with E-state index in [1.807, 2.05) is 13.8 Å². The van der Waals surface area contributed by atoms with Gasteiger partial charge in [-0.15, -0.1) is 11.3 Å². The lowest BCUT2D eigenvalue weighted by molar-refractivity contribution is -0.0506. The molecule has 0 unspecified atom stereocenters. The van der Waals surface area contributed by atoms with E-state index in [9.17, 15) is 13.2 Å². The number of aryl methyl sites for hydroxylation is 2. The smallest absolute Gasteiger partial charge is 0.387 e. The van der Waals surface area contributed by atoms with Gasteiger partial charge in [-0.2, -0.15) is 8.78 Å². The average Bonchev–Trinajstić information content (AvgIpc) is 2.90. The number of hydrogen-bond acceptors (Lipinski definition) is 4. The van der Waals surface area contributed by atoms with Crippen molar-refractivity contribution in [2.24, 2.45) is 4.99 Å². The maximum absolute atomic E-state index is 13.9. The highest BCUT2D eigenvalue weighted by atomic mass is 32.1. The minimum atomic E-state index is -3.02. The van der Waals surface area contributed by atoms with Gasteiger partial charge in [0.15, 0.2) is 5.96 Å². The molecule has 5 nitrogen and oxygen atoms in total. The van der Waals surface area contributed by atoms with Gasteiger partial charge in [-0.1, -0.05) is 6.07 Å². The lowest BCUT2D eigenvalue weighted by Crippen LogP contribution is -2.38. The first-order valence-electron chi connectivity index (χ1n) is 8.00. The Morgan fingerprint density at radius 3 is 2.69 bits per heavy atom. The summed E-state index contributed by atoms with van der Waals surface area (Å²) in [5.74, 6) is -0.391. The van der Waals surface area contributed by atoms with Gasteiger partial charge in [0.25, 0.3) is 0 Å². The molecule has 9 heteroatoms. The molecule has 0 atom stereocenters. The summed E-state index contributed by atoms with van der Waals surface area (Å²) in [6, 6.07) is 3.82. The van der Waals surface area contributed by atoms with Crippen molar-refractivity contribution in [3.63, 3.8) is 0 Å². The molecule has 26 heavy (non-hydrogen) atoms.